The second kappa shape index (κ2) is 8.67. The highest BCUT2D eigenvalue weighted by Crippen LogP contribution is 2.18. The number of phenolic OH excluding ortho intramolecular Hbond substituents is 1. The predicted octanol–water partition coefficient (Wildman–Crippen LogP) is 4.11. The molecule has 0 fully saturated rings. The van der Waals surface area contributed by atoms with E-state index in [9.17, 15) is 14.7 Å². The van der Waals surface area contributed by atoms with Crippen LogP contribution in [-0.2, 0) is 22.7 Å². The van der Waals surface area contributed by atoms with Crippen molar-refractivity contribution in [1.82, 2.24) is 0 Å². The Bertz CT molecular complexity index is 846. The minimum absolute atomic E-state index is 0.0811. The molecular weight excluding hydrogens is 344 g/mol. The van der Waals surface area contributed by atoms with E-state index in [0.717, 1.165) is 11.1 Å². The van der Waals surface area contributed by atoms with Gasteiger partial charge in [-0.15, -0.1) is 0 Å². The monoisotopic (exact) mass is 362 g/mol. The van der Waals surface area contributed by atoms with E-state index in [1.165, 1.54) is 18.2 Å². The lowest BCUT2D eigenvalue weighted by Gasteiger charge is -2.08. The van der Waals surface area contributed by atoms with Crippen molar-refractivity contribution in [3.8, 4) is 5.75 Å². The number of phenols is 1. The van der Waals surface area contributed by atoms with Crippen LogP contribution in [0.15, 0.2) is 78.9 Å². The van der Waals surface area contributed by atoms with Crippen molar-refractivity contribution in [3.63, 3.8) is 0 Å². The molecule has 5 nitrogen and oxygen atoms in total. The normalized spacial score (nSPS) is 10.2. The molecule has 136 valence electrons. The summed E-state index contributed by atoms with van der Waals surface area (Å²) in [7, 11) is 0. The van der Waals surface area contributed by atoms with E-state index in [2.05, 4.69) is 0 Å². The average Bonchev–Trinajstić information content (AvgIpc) is 2.71. The van der Waals surface area contributed by atoms with Crippen molar-refractivity contribution in [2.45, 2.75) is 13.2 Å². The van der Waals surface area contributed by atoms with Gasteiger partial charge in [0, 0.05) is 0 Å². The Balaban J connectivity index is 1.66. The topological polar surface area (TPSA) is 72.8 Å². The van der Waals surface area contributed by atoms with Gasteiger partial charge in [0.05, 0.1) is 11.1 Å². The Kier molecular flexibility index (Phi) is 5.84. The molecule has 1 N–H and O–H groups in total. The quantitative estimate of drug-likeness (QED) is 0.668. The first kappa shape index (κ1) is 18.2. The van der Waals surface area contributed by atoms with Crippen LogP contribution in [0.1, 0.15) is 31.8 Å². The van der Waals surface area contributed by atoms with Gasteiger partial charge >= 0.3 is 11.9 Å². The molecule has 27 heavy (non-hydrogen) atoms. The minimum atomic E-state index is -0.633. The first-order valence-electron chi connectivity index (χ1n) is 8.38. The van der Waals surface area contributed by atoms with Crippen molar-refractivity contribution < 1.29 is 24.2 Å². The van der Waals surface area contributed by atoms with Crippen molar-refractivity contribution in [1.29, 1.82) is 0 Å². The SMILES string of the molecule is O=C(OCc1ccccc1)c1cc(O)cc(C(=O)OCc2ccccc2)c1. The number of rotatable bonds is 6. The van der Waals surface area contributed by atoms with Crippen LogP contribution in [0.5, 0.6) is 5.75 Å². The molecule has 3 rings (SSSR count). The molecule has 0 aromatic heterocycles. The third-order valence-corrected chi connectivity index (χ3v) is 3.81. The summed E-state index contributed by atoms with van der Waals surface area (Å²) < 4.78 is 10.5. The summed E-state index contributed by atoms with van der Waals surface area (Å²) in [6, 6.07) is 22.3. The van der Waals surface area contributed by atoms with Gasteiger partial charge in [-0.3, -0.25) is 0 Å². The van der Waals surface area contributed by atoms with E-state index in [1.54, 1.807) is 0 Å². The van der Waals surface area contributed by atoms with E-state index < -0.39 is 11.9 Å². The van der Waals surface area contributed by atoms with Gasteiger partial charge in [-0.25, -0.2) is 9.59 Å². The van der Waals surface area contributed by atoms with Gasteiger partial charge in [0.25, 0.3) is 0 Å². The molecule has 0 aliphatic carbocycles. The summed E-state index contributed by atoms with van der Waals surface area (Å²) >= 11 is 0. The molecule has 5 heteroatoms. The van der Waals surface area contributed by atoms with Crippen LogP contribution in [0.3, 0.4) is 0 Å². The summed E-state index contributed by atoms with van der Waals surface area (Å²) in [6.07, 6.45) is 0. The molecule has 0 spiro atoms. The van der Waals surface area contributed by atoms with E-state index in [0.29, 0.717) is 0 Å². The summed E-state index contributed by atoms with van der Waals surface area (Å²) in [5.74, 6) is -1.48. The van der Waals surface area contributed by atoms with Crippen LogP contribution >= 0.6 is 0 Å². The largest absolute Gasteiger partial charge is 0.508 e. The molecule has 0 unspecified atom stereocenters. The van der Waals surface area contributed by atoms with Crippen molar-refractivity contribution in [2.75, 3.05) is 0 Å². The lowest BCUT2D eigenvalue weighted by molar-refractivity contribution is 0.0469. The first-order chi connectivity index (χ1) is 13.1. The molecule has 0 heterocycles. The predicted molar refractivity (Wildman–Crippen MR) is 99.2 cm³/mol. The number of carbonyl (C=O) groups is 2. The van der Waals surface area contributed by atoms with Crippen LogP contribution in [0.4, 0.5) is 0 Å². The maximum Gasteiger partial charge on any atom is 0.338 e. The van der Waals surface area contributed by atoms with Crippen molar-refractivity contribution >= 4 is 11.9 Å². The molecule has 0 atom stereocenters. The van der Waals surface area contributed by atoms with Crippen LogP contribution in [0.25, 0.3) is 0 Å². The Morgan fingerprint density at radius 3 is 1.48 bits per heavy atom. The summed E-state index contributed by atoms with van der Waals surface area (Å²) in [5, 5.41) is 9.85. The number of hydrogen-bond acceptors (Lipinski definition) is 5. The zero-order chi connectivity index (χ0) is 19.1. The average molecular weight is 362 g/mol. The fraction of sp³-hybridized carbons (Fsp3) is 0.0909. The second-order valence-electron chi connectivity index (χ2n) is 5.89. The van der Waals surface area contributed by atoms with Crippen molar-refractivity contribution in [2.24, 2.45) is 0 Å². The molecule has 0 aliphatic heterocycles. The summed E-state index contributed by atoms with van der Waals surface area (Å²) in [4.78, 5) is 24.5. The Morgan fingerprint density at radius 1 is 0.667 bits per heavy atom. The highest BCUT2D eigenvalue weighted by atomic mass is 16.5. The summed E-state index contributed by atoms with van der Waals surface area (Å²) in [6.45, 7) is 0.201. The number of hydrogen-bond donors (Lipinski definition) is 1. The molecule has 3 aromatic rings. The maximum atomic E-state index is 12.2. The van der Waals surface area contributed by atoms with E-state index >= 15 is 0 Å². The number of benzene rings is 3. The Hall–Kier alpha value is -3.60. The van der Waals surface area contributed by atoms with Crippen LogP contribution < -0.4 is 0 Å². The molecule has 0 radical (unpaired) electrons. The highest BCUT2D eigenvalue weighted by molar-refractivity contribution is 5.96. The highest BCUT2D eigenvalue weighted by Gasteiger charge is 2.15. The molecule has 3 aromatic carbocycles. The van der Waals surface area contributed by atoms with Crippen LogP contribution in [0.2, 0.25) is 0 Å². The lowest BCUT2D eigenvalue weighted by atomic mass is 10.1. The van der Waals surface area contributed by atoms with Gasteiger partial charge in [-0.05, 0) is 29.3 Å². The number of esters is 2. The zero-order valence-corrected chi connectivity index (χ0v) is 14.5. The van der Waals surface area contributed by atoms with Gasteiger partial charge in [0.2, 0.25) is 0 Å². The molecule has 0 saturated carbocycles. The van der Waals surface area contributed by atoms with E-state index in [4.69, 9.17) is 9.47 Å². The van der Waals surface area contributed by atoms with Gasteiger partial charge in [-0.2, -0.15) is 0 Å². The molecule has 0 bridgehead atoms. The zero-order valence-electron chi connectivity index (χ0n) is 14.5. The van der Waals surface area contributed by atoms with Gasteiger partial charge in [0.1, 0.15) is 19.0 Å². The van der Waals surface area contributed by atoms with Gasteiger partial charge in [0.15, 0.2) is 0 Å². The lowest BCUT2D eigenvalue weighted by Crippen LogP contribution is -2.09. The van der Waals surface area contributed by atoms with Gasteiger partial charge < -0.3 is 14.6 Å². The number of ether oxygens (including phenoxy) is 2. The standard InChI is InChI=1S/C22H18O5/c23-20-12-18(21(24)26-14-16-7-3-1-4-8-16)11-19(13-20)22(25)27-15-17-9-5-2-6-10-17/h1-13,23H,14-15H2. The first-order valence-corrected chi connectivity index (χ1v) is 8.38. The molecular formula is C22H18O5. The Labute approximate surface area is 156 Å². The maximum absolute atomic E-state index is 12.2. The van der Waals surface area contributed by atoms with Crippen LogP contribution in [-0.4, -0.2) is 17.0 Å². The van der Waals surface area contributed by atoms with E-state index in [1.807, 2.05) is 60.7 Å². The van der Waals surface area contributed by atoms with E-state index in [-0.39, 0.29) is 30.1 Å². The third-order valence-electron chi connectivity index (χ3n) is 3.81. The second-order valence-corrected chi connectivity index (χ2v) is 5.89. The number of aromatic hydroxyl groups is 1. The Morgan fingerprint density at radius 2 is 1.07 bits per heavy atom. The van der Waals surface area contributed by atoms with Crippen LogP contribution in [0, 0.1) is 0 Å². The summed E-state index contributed by atoms with van der Waals surface area (Å²) in [5.41, 5.74) is 1.84. The fourth-order valence-electron chi connectivity index (χ4n) is 2.46. The molecule has 0 amide bonds. The molecule has 0 saturated heterocycles. The van der Waals surface area contributed by atoms with Gasteiger partial charge in [-0.1, -0.05) is 60.7 Å². The minimum Gasteiger partial charge on any atom is -0.508 e. The van der Waals surface area contributed by atoms with Crippen molar-refractivity contribution in [3.05, 3.63) is 101 Å². The fourth-order valence-corrected chi connectivity index (χ4v) is 2.46. The number of carbonyl (C=O) groups excluding carboxylic acids is 2. The smallest absolute Gasteiger partial charge is 0.338 e. The third kappa shape index (κ3) is 5.19. The molecule has 0 aliphatic rings.